The second-order valence-electron chi connectivity index (χ2n) is 4.78. The first-order chi connectivity index (χ1) is 10.7. The average Bonchev–Trinajstić information content (AvgIpc) is 3.20. The summed E-state index contributed by atoms with van der Waals surface area (Å²) in [4.78, 5) is 12.0. The van der Waals surface area contributed by atoms with Crippen LogP contribution in [0, 0.1) is 5.82 Å². The molecule has 3 rings (SSSR count). The van der Waals surface area contributed by atoms with E-state index in [1.807, 2.05) is 0 Å². The van der Waals surface area contributed by atoms with E-state index in [2.05, 4.69) is 15.5 Å². The van der Waals surface area contributed by atoms with E-state index in [9.17, 15) is 9.18 Å². The molecule has 0 aliphatic carbocycles. The molecule has 2 aromatic heterocycles. The average molecular weight is 299 g/mol. The summed E-state index contributed by atoms with van der Waals surface area (Å²) in [6, 6.07) is 11.4. The van der Waals surface area contributed by atoms with Crippen molar-refractivity contribution in [1.29, 1.82) is 0 Å². The van der Waals surface area contributed by atoms with E-state index in [4.69, 9.17) is 4.42 Å². The van der Waals surface area contributed by atoms with Gasteiger partial charge in [0.25, 0.3) is 5.91 Å². The zero-order valence-corrected chi connectivity index (χ0v) is 11.7. The van der Waals surface area contributed by atoms with Crippen LogP contribution in [0.15, 0.2) is 53.1 Å². The Morgan fingerprint density at radius 2 is 2.09 bits per heavy atom. The molecule has 0 bridgehead atoms. The van der Waals surface area contributed by atoms with Gasteiger partial charge < -0.3 is 9.73 Å². The molecule has 0 saturated carbocycles. The van der Waals surface area contributed by atoms with E-state index in [1.165, 1.54) is 12.1 Å². The van der Waals surface area contributed by atoms with Gasteiger partial charge in [-0.3, -0.25) is 9.89 Å². The van der Waals surface area contributed by atoms with Crippen molar-refractivity contribution in [3.63, 3.8) is 0 Å². The summed E-state index contributed by atoms with van der Waals surface area (Å²) in [5, 5.41) is 9.49. The Kier molecular flexibility index (Phi) is 4.00. The van der Waals surface area contributed by atoms with Gasteiger partial charge in [-0.25, -0.2) is 4.39 Å². The number of benzene rings is 1. The minimum Gasteiger partial charge on any atom is -0.463 e. The molecule has 6 heteroatoms. The molecule has 1 amide bonds. The van der Waals surface area contributed by atoms with Crippen LogP contribution in [0.4, 0.5) is 4.39 Å². The number of hydrogen-bond acceptors (Lipinski definition) is 3. The van der Waals surface area contributed by atoms with E-state index < -0.39 is 0 Å². The van der Waals surface area contributed by atoms with Crippen LogP contribution in [-0.2, 0) is 6.42 Å². The highest BCUT2D eigenvalue weighted by Gasteiger charge is 2.12. The predicted molar refractivity (Wildman–Crippen MR) is 78.7 cm³/mol. The van der Waals surface area contributed by atoms with Gasteiger partial charge in [-0.1, -0.05) is 12.1 Å². The van der Waals surface area contributed by atoms with Crippen LogP contribution < -0.4 is 5.32 Å². The topological polar surface area (TPSA) is 70.9 Å². The van der Waals surface area contributed by atoms with Crippen LogP contribution in [0.3, 0.4) is 0 Å². The Bertz CT molecular complexity index is 748. The third kappa shape index (κ3) is 3.22. The summed E-state index contributed by atoms with van der Waals surface area (Å²) in [6.07, 6.45) is 2.18. The molecule has 0 fully saturated rings. The molecule has 0 saturated heterocycles. The SMILES string of the molecule is O=C(NCCc1ccc(F)cc1)c1cc(-c2ccco2)[nH]n1. The van der Waals surface area contributed by atoms with Crippen LogP contribution in [0.1, 0.15) is 16.1 Å². The van der Waals surface area contributed by atoms with E-state index in [1.54, 1.807) is 36.6 Å². The minimum absolute atomic E-state index is 0.267. The second-order valence-corrected chi connectivity index (χ2v) is 4.78. The maximum atomic E-state index is 12.8. The Morgan fingerprint density at radius 3 is 2.82 bits per heavy atom. The zero-order valence-electron chi connectivity index (χ0n) is 11.7. The van der Waals surface area contributed by atoms with Crippen LogP contribution in [-0.4, -0.2) is 22.6 Å². The van der Waals surface area contributed by atoms with Gasteiger partial charge >= 0.3 is 0 Å². The first kappa shape index (κ1) is 14.1. The Hall–Kier alpha value is -2.89. The standard InChI is InChI=1S/C16H14FN3O2/c17-12-5-3-11(4-6-12)7-8-18-16(21)14-10-13(19-20-14)15-2-1-9-22-15/h1-6,9-10H,7-8H2,(H,18,21)(H,19,20). The first-order valence-electron chi connectivity index (χ1n) is 6.84. The summed E-state index contributed by atoms with van der Waals surface area (Å²) < 4.78 is 18.0. The van der Waals surface area contributed by atoms with Crippen LogP contribution >= 0.6 is 0 Å². The van der Waals surface area contributed by atoms with Crippen LogP contribution in [0.5, 0.6) is 0 Å². The highest BCUT2D eigenvalue weighted by molar-refractivity contribution is 5.93. The number of hydrogen-bond donors (Lipinski definition) is 2. The van der Waals surface area contributed by atoms with Gasteiger partial charge in [-0.05, 0) is 36.2 Å². The molecule has 5 nitrogen and oxygen atoms in total. The molecule has 22 heavy (non-hydrogen) atoms. The lowest BCUT2D eigenvalue weighted by molar-refractivity contribution is 0.0949. The van der Waals surface area contributed by atoms with Crippen molar-refractivity contribution in [3.05, 3.63) is 65.8 Å². The zero-order chi connectivity index (χ0) is 15.4. The summed E-state index contributed by atoms with van der Waals surface area (Å²) in [7, 11) is 0. The van der Waals surface area contributed by atoms with Crippen molar-refractivity contribution in [2.45, 2.75) is 6.42 Å². The quantitative estimate of drug-likeness (QED) is 0.761. The third-order valence-electron chi connectivity index (χ3n) is 3.21. The fourth-order valence-corrected chi connectivity index (χ4v) is 2.06. The fourth-order valence-electron chi connectivity index (χ4n) is 2.06. The summed E-state index contributed by atoms with van der Waals surface area (Å²) in [5.74, 6) is 0.0868. The van der Waals surface area contributed by atoms with Gasteiger partial charge in [-0.15, -0.1) is 0 Å². The molecule has 0 aliphatic heterocycles. The lowest BCUT2D eigenvalue weighted by Gasteiger charge is -2.03. The first-order valence-corrected chi connectivity index (χ1v) is 6.84. The Balaban J connectivity index is 1.55. The van der Waals surface area contributed by atoms with Crippen LogP contribution in [0.2, 0.25) is 0 Å². The Labute approximate surface area is 126 Å². The molecule has 0 atom stereocenters. The fraction of sp³-hybridized carbons (Fsp3) is 0.125. The van der Waals surface area contributed by atoms with Crippen molar-refractivity contribution >= 4 is 5.91 Å². The van der Waals surface area contributed by atoms with Gasteiger partial charge in [0.2, 0.25) is 0 Å². The number of rotatable bonds is 5. The molecular formula is C16H14FN3O2. The van der Waals surface area contributed by atoms with E-state index in [-0.39, 0.29) is 11.7 Å². The van der Waals surface area contributed by atoms with Crippen molar-refractivity contribution in [2.75, 3.05) is 6.54 Å². The summed E-state index contributed by atoms with van der Waals surface area (Å²) in [6.45, 7) is 0.452. The molecule has 2 N–H and O–H groups in total. The number of H-pyrrole nitrogens is 1. The number of furan rings is 1. The lowest BCUT2D eigenvalue weighted by Crippen LogP contribution is -2.26. The van der Waals surface area contributed by atoms with Gasteiger partial charge in [0.1, 0.15) is 11.5 Å². The monoisotopic (exact) mass is 299 g/mol. The molecule has 1 aromatic carbocycles. The van der Waals surface area contributed by atoms with Gasteiger partial charge in [0, 0.05) is 12.6 Å². The highest BCUT2D eigenvalue weighted by Crippen LogP contribution is 2.17. The highest BCUT2D eigenvalue weighted by atomic mass is 19.1. The number of nitrogens with zero attached hydrogens (tertiary/aromatic N) is 1. The van der Waals surface area contributed by atoms with Crippen molar-refractivity contribution in [1.82, 2.24) is 15.5 Å². The molecule has 2 heterocycles. The van der Waals surface area contributed by atoms with Crippen LogP contribution in [0.25, 0.3) is 11.5 Å². The molecular weight excluding hydrogens is 285 g/mol. The lowest BCUT2D eigenvalue weighted by atomic mass is 10.1. The molecule has 112 valence electrons. The normalized spacial score (nSPS) is 10.6. The van der Waals surface area contributed by atoms with Crippen molar-refractivity contribution < 1.29 is 13.6 Å². The summed E-state index contributed by atoms with van der Waals surface area (Å²) >= 11 is 0. The Morgan fingerprint density at radius 1 is 1.27 bits per heavy atom. The number of carbonyl (C=O) groups excluding carboxylic acids is 1. The van der Waals surface area contributed by atoms with E-state index in [0.717, 1.165) is 5.56 Å². The van der Waals surface area contributed by atoms with Crippen molar-refractivity contribution in [2.24, 2.45) is 0 Å². The number of halogens is 1. The maximum Gasteiger partial charge on any atom is 0.271 e. The number of aromatic amines is 1. The number of carbonyl (C=O) groups is 1. The second kappa shape index (κ2) is 6.26. The smallest absolute Gasteiger partial charge is 0.271 e. The summed E-state index contributed by atoms with van der Waals surface area (Å²) in [5.41, 5.74) is 1.90. The number of nitrogens with one attached hydrogen (secondary N) is 2. The molecule has 0 spiro atoms. The van der Waals surface area contributed by atoms with Gasteiger partial charge in [0.05, 0.1) is 6.26 Å². The predicted octanol–water partition coefficient (Wildman–Crippen LogP) is 2.78. The molecule has 0 radical (unpaired) electrons. The molecule has 0 aliphatic rings. The van der Waals surface area contributed by atoms with Gasteiger partial charge in [-0.2, -0.15) is 5.10 Å². The number of aromatic nitrogens is 2. The van der Waals surface area contributed by atoms with E-state index >= 15 is 0 Å². The van der Waals surface area contributed by atoms with E-state index in [0.29, 0.717) is 30.1 Å². The largest absolute Gasteiger partial charge is 0.463 e. The number of amides is 1. The molecule has 3 aromatic rings. The third-order valence-corrected chi connectivity index (χ3v) is 3.21. The molecule has 0 unspecified atom stereocenters. The van der Waals surface area contributed by atoms with Crippen molar-refractivity contribution in [3.8, 4) is 11.5 Å². The van der Waals surface area contributed by atoms with Gasteiger partial charge in [0.15, 0.2) is 11.5 Å². The minimum atomic E-state index is -0.269. The maximum absolute atomic E-state index is 12.8.